The second-order valence-electron chi connectivity index (χ2n) is 5.43. The molecule has 0 aliphatic carbocycles. The molecular weight excluding hydrogens is 310 g/mol. The predicted octanol–water partition coefficient (Wildman–Crippen LogP) is 2.44. The van der Waals surface area contributed by atoms with Crippen molar-refractivity contribution in [1.29, 1.82) is 0 Å². The van der Waals surface area contributed by atoms with Crippen molar-refractivity contribution in [2.75, 3.05) is 6.54 Å². The molecule has 1 aliphatic rings. The molecule has 0 saturated carbocycles. The SMILES string of the molecule is O=C(c1ccno1)N1CCc2nc(COc3ccccc3)oc2C1. The highest BCUT2D eigenvalue weighted by Crippen LogP contribution is 2.22. The molecule has 1 aromatic carbocycles. The van der Waals surface area contributed by atoms with E-state index in [4.69, 9.17) is 13.7 Å². The number of amides is 1. The third-order valence-electron chi connectivity index (χ3n) is 3.82. The molecule has 4 rings (SSSR count). The molecule has 0 unspecified atom stereocenters. The van der Waals surface area contributed by atoms with Crippen molar-refractivity contribution in [1.82, 2.24) is 15.0 Å². The molecule has 24 heavy (non-hydrogen) atoms. The van der Waals surface area contributed by atoms with Gasteiger partial charge in [-0.15, -0.1) is 0 Å². The molecule has 0 spiro atoms. The summed E-state index contributed by atoms with van der Waals surface area (Å²) in [5, 5.41) is 3.56. The van der Waals surface area contributed by atoms with E-state index in [1.54, 1.807) is 11.0 Å². The van der Waals surface area contributed by atoms with Crippen LogP contribution in [0.1, 0.15) is 27.9 Å². The lowest BCUT2D eigenvalue weighted by molar-refractivity contribution is 0.0676. The molecule has 2 aromatic heterocycles. The van der Waals surface area contributed by atoms with Crippen LogP contribution in [0.5, 0.6) is 5.75 Å². The molecule has 3 aromatic rings. The van der Waals surface area contributed by atoms with E-state index in [0.29, 0.717) is 31.2 Å². The van der Waals surface area contributed by atoms with E-state index in [1.165, 1.54) is 6.20 Å². The van der Waals surface area contributed by atoms with Crippen LogP contribution in [0, 0.1) is 0 Å². The summed E-state index contributed by atoms with van der Waals surface area (Å²) in [7, 11) is 0. The minimum Gasteiger partial charge on any atom is -0.484 e. The van der Waals surface area contributed by atoms with Crippen molar-refractivity contribution in [2.45, 2.75) is 19.6 Å². The number of carbonyl (C=O) groups is 1. The summed E-state index contributed by atoms with van der Waals surface area (Å²) in [6.07, 6.45) is 2.10. The second kappa shape index (κ2) is 6.19. The van der Waals surface area contributed by atoms with Crippen LogP contribution < -0.4 is 4.74 Å². The number of nitrogens with zero attached hydrogens (tertiary/aromatic N) is 3. The average Bonchev–Trinajstić information content (AvgIpc) is 3.29. The smallest absolute Gasteiger partial charge is 0.292 e. The van der Waals surface area contributed by atoms with Gasteiger partial charge < -0.3 is 18.6 Å². The molecule has 122 valence electrons. The molecule has 0 fully saturated rings. The number of rotatable bonds is 4. The van der Waals surface area contributed by atoms with Gasteiger partial charge in [0.1, 0.15) is 11.5 Å². The van der Waals surface area contributed by atoms with Gasteiger partial charge in [0, 0.05) is 19.0 Å². The number of hydrogen-bond acceptors (Lipinski definition) is 6. The largest absolute Gasteiger partial charge is 0.484 e. The quantitative estimate of drug-likeness (QED) is 0.733. The van der Waals surface area contributed by atoms with Crippen LogP contribution in [0.25, 0.3) is 0 Å². The Balaban J connectivity index is 1.43. The fourth-order valence-electron chi connectivity index (χ4n) is 2.63. The molecule has 0 radical (unpaired) electrons. The Labute approximate surface area is 137 Å². The number of fused-ring (bicyclic) bond motifs is 1. The zero-order chi connectivity index (χ0) is 16.4. The van der Waals surface area contributed by atoms with Crippen molar-refractivity contribution in [3.05, 3.63) is 65.7 Å². The number of oxazole rings is 1. The van der Waals surface area contributed by atoms with Crippen molar-refractivity contribution >= 4 is 5.91 Å². The first kappa shape index (κ1) is 14.5. The molecule has 0 bridgehead atoms. The Morgan fingerprint density at radius 3 is 2.92 bits per heavy atom. The topological polar surface area (TPSA) is 81.6 Å². The molecule has 0 saturated heterocycles. The Kier molecular flexibility index (Phi) is 3.74. The van der Waals surface area contributed by atoms with Gasteiger partial charge in [-0.05, 0) is 12.1 Å². The molecule has 1 aliphatic heterocycles. The number of para-hydroxylation sites is 1. The highest BCUT2D eigenvalue weighted by Gasteiger charge is 2.27. The summed E-state index contributed by atoms with van der Waals surface area (Å²) in [6, 6.07) is 11.0. The number of ether oxygens (including phenoxy) is 1. The number of aromatic nitrogens is 2. The summed E-state index contributed by atoms with van der Waals surface area (Å²) in [5.74, 6) is 2.00. The lowest BCUT2D eigenvalue weighted by Crippen LogP contribution is -2.35. The second-order valence-corrected chi connectivity index (χ2v) is 5.43. The average molecular weight is 325 g/mol. The molecular formula is C17H15N3O4. The van der Waals surface area contributed by atoms with Gasteiger partial charge in [-0.2, -0.15) is 0 Å². The summed E-state index contributed by atoms with van der Waals surface area (Å²) in [4.78, 5) is 18.4. The third-order valence-corrected chi connectivity index (χ3v) is 3.82. The lowest BCUT2D eigenvalue weighted by Gasteiger charge is -2.23. The van der Waals surface area contributed by atoms with E-state index >= 15 is 0 Å². The molecule has 0 atom stereocenters. The standard InChI is InChI=1S/C17H15N3O4/c21-17(14-6-8-18-24-14)20-9-7-13-15(10-20)23-16(19-13)11-22-12-4-2-1-3-5-12/h1-6,8H,7,9-11H2. The van der Waals surface area contributed by atoms with E-state index in [0.717, 1.165) is 11.4 Å². The minimum atomic E-state index is -0.198. The van der Waals surface area contributed by atoms with Crippen LogP contribution in [0.2, 0.25) is 0 Å². The van der Waals surface area contributed by atoms with Gasteiger partial charge in [0.25, 0.3) is 5.91 Å². The highest BCUT2D eigenvalue weighted by atomic mass is 16.5. The fraction of sp³-hybridized carbons (Fsp3) is 0.235. The summed E-state index contributed by atoms with van der Waals surface area (Å²) >= 11 is 0. The van der Waals surface area contributed by atoms with Gasteiger partial charge in [-0.1, -0.05) is 23.4 Å². The van der Waals surface area contributed by atoms with Crippen LogP contribution in [-0.4, -0.2) is 27.5 Å². The fourth-order valence-corrected chi connectivity index (χ4v) is 2.63. The van der Waals surface area contributed by atoms with Gasteiger partial charge in [0.05, 0.1) is 18.4 Å². The third kappa shape index (κ3) is 2.88. The van der Waals surface area contributed by atoms with Crippen LogP contribution in [0.4, 0.5) is 0 Å². The van der Waals surface area contributed by atoms with E-state index in [-0.39, 0.29) is 18.3 Å². The Bertz CT molecular complexity index is 827. The van der Waals surface area contributed by atoms with Crippen LogP contribution >= 0.6 is 0 Å². The number of hydrogen-bond donors (Lipinski definition) is 0. The molecule has 0 N–H and O–H groups in total. The Hall–Kier alpha value is -3.09. The first-order valence-electron chi connectivity index (χ1n) is 7.65. The summed E-state index contributed by atoms with van der Waals surface area (Å²) < 4.78 is 16.3. The van der Waals surface area contributed by atoms with E-state index in [2.05, 4.69) is 10.1 Å². The summed E-state index contributed by atoms with van der Waals surface area (Å²) in [6.45, 7) is 1.19. The van der Waals surface area contributed by atoms with Crippen molar-refractivity contribution < 1.29 is 18.5 Å². The number of carbonyl (C=O) groups excluding carboxylic acids is 1. The Morgan fingerprint density at radius 1 is 1.25 bits per heavy atom. The minimum absolute atomic E-state index is 0.198. The molecule has 7 nitrogen and oxygen atoms in total. The monoisotopic (exact) mass is 325 g/mol. The normalized spacial score (nSPS) is 13.6. The molecule has 7 heteroatoms. The van der Waals surface area contributed by atoms with Gasteiger partial charge in [-0.3, -0.25) is 4.79 Å². The highest BCUT2D eigenvalue weighted by molar-refractivity contribution is 5.91. The first-order chi connectivity index (χ1) is 11.8. The van der Waals surface area contributed by atoms with Crippen LogP contribution in [-0.2, 0) is 19.6 Å². The maximum Gasteiger partial charge on any atom is 0.292 e. The van der Waals surface area contributed by atoms with E-state index < -0.39 is 0 Å². The lowest BCUT2D eigenvalue weighted by atomic mass is 10.1. The molecule has 1 amide bonds. The van der Waals surface area contributed by atoms with Gasteiger partial charge in [0.2, 0.25) is 11.7 Å². The zero-order valence-corrected chi connectivity index (χ0v) is 12.8. The zero-order valence-electron chi connectivity index (χ0n) is 12.8. The van der Waals surface area contributed by atoms with Crippen molar-refractivity contribution in [3.8, 4) is 5.75 Å². The van der Waals surface area contributed by atoms with Crippen LogP contribution in [0.15, 0.2) is 51.5 Å². The number of benzene rings is 1. The Morgan fingerprint density at radius 2 is 2.12 bits per heavy atom. The molecule has 3 heterocycles. The van der Waals surface area contributed by atoms with Crippen LogP contribution in [0.3, 0.4) is 0 Å². The van der Waals surface area contributed by atoms with Gasteiger partial charge >= 0.3 is 0 Å². The van der Waals surface area contributed by atoms with Crippen molar-refractivity contribution in [2.24, 2.45) is 0 Å². The maximum atomic E-state index is 12.3. The van der Waals surface area contributed by atoms with Crippen molar-refractivity contribution in [3.63, 3.8) is 0 Å². The first-order valence-corrected chi connectivity index (χ1v) is 7.65. The summed E-state index contributed by atoms with van der Waals surface area (Å²) in [5.41, 5.74) is 0.878. The van der Waals surface area contributed by atoms with Gasteiger partial charge in [0.15, 0.2) is 6.61 Å². The van der Waals surface area contributed by atoms with E-state index in [9.17, 15) is 4.79 Å². The van der Waals surface area contributed by atoms with E-state index in [1.807, 2.05) is 30.3 Å². The maximum absolute atomic E-state index is 12.3. The van der Waals surface area contributed by atoms with Gasteiger partial charge in [-0.25, -0.2) is 4.98 Å². The predicted molar refractivity (Wildman–Crippen MR) is 82.2 cm³/mol.